The smallest absolute Gasteiger partial charge is 0.146 e. The van der Waals surface area contributed by atoms with Crippen LogP contribution in [-0.2, 0) is 4.79 Å². The van der Waals surface area contributed by atoms with E-state index in [4.69, 9.17) is 9.72 Å². The maximum Gasteiger partial charge on any atom is 0.146 e. The summed E-state index contributed by atoms with van der Waals surface area (Å²) in [5.74, 6) is 1.15. The van der Waals surface area contributed by atoms with Crippen molar-refractivity contribution in [3.8, 4) is 16.9 Å². The number of thioether (sulfide) groups is 1. The van der Waals surface area contributed by atoms with E-state index in [1.165, 1.54) is 0 Å². The first-order chi connectivity index (χ1) is 12.7. The summed E-state index contributed by atoms with van der Waals surface area (Å²) in [7, 11) is 1.67. The lowest BCUT2D eigenvalue weighted by Crippen LogP contribution is -2.21. The third kappa shape index (κ3) is 3.47. The molecule has 132 valence electrons. The normalized spacial score (nSPS) is 17.4. The number of aromatic nitrogens is 1. The van der Waals surface area contributed by atoms with Gasteiger partial charge in [0.25, 0.3) is 0 Å². The Bertz CT molecular complexity index is 940. The van der Waals surface area contributed by atoms with Crippen molar-refractivity contribution in [2.75, 3.05) is 7.11 Å². The molecule has 1 atom stereocenters. The van der Waals surface area contributed by atoms with Gasteiger partial charge in [-0.1, -0.05) is 48.5 Å². The fraction of sp³-hybridized carbons (Fsp3) is 0.273. The predicted molar refractivity (Wildman–Crippen MR) is 107 cm³/mol. The molecule has 3 nitrogen and oxygen atoms in total. The topological polar surface area (TPSA) is 39.2 Å². The van der Waals surface area contributed by atoms with Crippen LogP contribution in [0.3, 0.4) is 0 Å². The van der Waals surface area contributed by atoms with Crippen LogP contribution in [0.2, 0.25) is 0 Å². The van der Waals surface area contributed by atoms with Crippen LogP contribution < -0.4 is 4.74 Å². The molecule has 1 fully saturated rings. The van der Waals surface area contributed by atoms with Gasteiger partial charge < -0.3 is 4.74 Å². The Hall–Kier alpha value is -2.33. The molecular weight excluding hydrogens is 342 g/mol. The first-order valence-electron chi connectivity index (χ1n) is 8.98. The Kier molecular flexibility index (Phi) is 4.93. The van der Waals surface area contributed by atoms with E-state index in [0.29, 0.717) is 12.2 Å². The van der Waals surface area contributed by atoms with Gasteiger partial charge in [-0.2, -0.15) is 0 Å². The van der Waals surface area contributed by atoms with Crippen LogP contribution in [0.5, 0.6) is 5.75 Å². The Labute approximate surface area is 157 Å². The average molecular weight is 363 g/mol. The van der Waals surface area contributed by atoms with Gasteiger partial charge in [-0.15, -0.1) is 0 Å². The molecule has 0 saturated heterocycles. The lowest BCUT2D eigenvalue weighted by molar-refractivity contribution is -0.119. The molecule has 0 N–H and O–H groups in total. The zero-order chi connectivity index (χ0) is 17.9. The fourth-order valence-electron chi connectivity index (χ4n) is 3.45. The van der Waals surface area contributed by atoms with E-state index in [1.54, 1.807) is 18.9 Å². The molecule has 1 saturated carbocycles. The average Bonchev–Trinajstić information content (AvgIpc) is 2.69. The minimum absolute atomic E-state index is 0.0305. The van der Waals surface area contributed by atoms with E-state index >= 15 is 0 Å². The maximum absolute atomic E-state index is 12.2. The molecule has 1 aliphatic rings. The number of nitrogens with zero attached hydrogens (tertiary/aromatic N) is 1. The van der Waals surface area contributed by atoms with Gasteiger partial charge in [0.15, 0.2) is 0 Å². The van der Waals surface area contributed by atoms with Crippen molar-refractivity contribution in [3.63, 3.8) is 0 Å². The molecule has 1 heterocycles. The number of benzene rings is 2. The number of ketones is 1. The molecule has 1 aliphatic carbocycles. The van der Waals surface area contributed by atoms with E-state index in [-0.39, 0.29) is 5.25 Å². The molecule has 3 aromatic rings. The van der Waals surface area contributed by atoms with Crippen LogP contribution in [-0.4, -0.2) is 23.1 Å². The largest absolute Gasteiger partial charge is 0.497 e. The number of ether oxygens (including phenoxy) is 1. The summed E-state index contributed by atoms with van der Waals surface area (Å²) in [5, 5.41) is 2.03. The molecule has 0 unspecified atom stereocenters. The van der Waals surface area contributed by atoms with E-state index in [1.807, 2.05) is 30.3 Å². The highest BCUT2D eigenvalue weighted by Gasteiger charge is 2.24. The number of carbonyl (C=O) groups is 1. The zero-order valence-corrected chi connectivity index (χ0v) is 15.6. The van der Waals surface area contributed by atoms with Crippen LogP contribution in [0.4, 0.5) is 0 Å². The molecule has 0 aliphatic heterocycles. The molecule has 1 aromatic heterocycles. The minimum atomic E-state index is 0.0305. The molecule has 4 rings (SSSR count). The monoisotopic (exact) mass is 363 g/mol. The number of rotatable bonds is 4. The van der Waals surface area contributed by atoms with E-state index in [0.717, 1.165) is 52.1 Å². The number of methoxy groups -OCH3 is 1. The van der Waals surface area contributed by atoms with E-state index in [2.05, 4.69) is 24.3 Å². The first kappa shape index (κ1) is 17.1. The van der Waals surface area contributed by atoms with Gasteiger partial charge in [-0.05, 0) is 42.2 Å². The highest BCUT2D eigenvalue weighted by atomic mass is 32.2. The van der Waals surface area contributed by atoms with Crippen molar-refractivity contribution in [3.05, 3.63) is 54.6 Å². The lowest BCUT2D eigenvalue weighted by Gasteiger charge is -2.20. The van der Waals surface area contributed by atoms with Gasteiger partial charge >= 0.3 is 0 Å². The Morgan fingerprint density at radius 2 is 1.92 bits per heavy atom. The second-order valence-electron chi connectivity index (χ2n) is 6.58. The Balaban J connectivity index is 1.81. The summed E-state index contributed by atoms with van der Waals surface area (Å²) in [6.07, 6.45) is 3.79. The Morgan fingerprint density at radius 3 is 2.69 bits per heavy atom. The van der Waals surface area contributed by atoms with E-state index in [9.17, 15) is 4.79 Å². The highest BCUT2D eigenvalue weighted by Crippen LogP contribution is 2.36. The Morgan fingerprint density at radius 1 is 1.08 bits per heavy atom. The summed E-state index contributed by atoms with van der Waals surface area (Å²) in [5.41, 5.74) is 3.20. The molecule has 2 aromatic carbocycles. The van der Waals surface area contributed by atoms with Crippen LogP contribution in [0.1, 0.15) is 25.7 Å². The number of pyridine rings is 1. The van der Waals surface area contributed by atoms with Crippen molar-refractivity contribution in [2.45, 2.75) is 36.0 Å². The van der Waals surface area contributed by atoms with Crippen molar-refractivity contribution in [1.29, 1.82) is 0 Å². The van der Waals surface area contributed by atoms with Crippen LogP contribution >= 0.6 is 11.8 Å². The van der Waals surface area contributed by atoms with E-state index < -0.39 is 0 Å². The summed E-state index contributed by atoms with van der Waals surface area (Å²) in [6.45, 7) is 0. The summed E-state index contributed by atoms with van der Waals surface area (Å²) in [6, 6.07) is 18.4. The van der Waals surface area contributed by atoms with Gasteiger partial charge in [0.05, 0.1) is 22.9 Å². The zero-order valence-electron chi connectivity index (χ0n) is 14.8. The number of carbonyl (C=O) groups excluding carboxylic acids is 1. The SMILES string of the molecule is COc1ccc2c(-c3ccccc3)cc(S[C@H]3CCCCC3=O)nc2c1. The molecular formula is C22H21NO2S. The fourth-order valence-corrected chi connectivity index (χ4v) is 4.61. The minimum Gasteiger partial charge on any atom is -0.497 e. The number of fused-ring (bicyclic) bond motifs is 1. The molecule has 0 spiro atoms. The van der Waals surface area contributed by atoms with Gasteiger partial charge in [0, 0.05) is 17.9 Å². The quantitative estimate of drug-likeness (QED) is 0.612. The molecule has 0 radical (unpaired) electrons. The van der Waals surface area contributed by atoms with Crippen LogP contribution in [0.25, 0.3) is 22.0 Å². The van der Waals surface area contributed by atoms with Crippen molar-refractivity contribution < 1.29 is 9.53 Å². The third-order valence-electron chi connectivity index (χ3n) is 4.84. The van der Waals surface area contributed by atoms with Crippen molar-refractivity contribution in [2.24, 2.45) is 0 Å². The number of hydrogen-bond acceptors (Lipinski definition) is 4. The van der Waals surface area contributed by atoms with Gasteiger partial charge in [-0.25, -0.2) is 4.98 Å². The maximum atomic E-state index is 12.2. The second-order valence-corrected chi connectivity index (χ2v) is 7.80. The molecule has 0 amide bonds. The summed E-state index contributed by atoms with van der Waals surface area (Å²) in [4.78, 5) is 17.1. The van der Waals surface area contributed by atoms with Crippen LogP contribution in [0.15, 0.2) is 59.6 Å². The second kappa shape index (κ2) is 7.50. The molecule has 26 heavy (non-hydrogen) atoms. The van der Waals surface area contributed by atoms with Gasteiger partial charge in [0.1, 0.15) is 11.5 Å². The predicted octanol–water partition coefficient (Wildman–Crippen LogP) is 5.51. The van der Waals surface area contributed by atoms with Gasteiger partial charge in [-0.3, -0.25) is 4.79 Å². The van der Waals surface area contributed by atoms with Crippen molar-refractivity contribution in [1.82, 2.24) is 4.98 Å². The molecule has 4 heteroatoms. The summed E-state index contributed by atoms with van der Waals surface area (Å²) < 4.78 is 5.37. The third-order valence-corrected chi connectivity index (χ3v) is 6.07. The number of Topliss-reactive ketones (excluding diaryl/α,β-unsaturated/α-hetero) is 1. The first-order valence-corrected chi connectivity index (χ1v) is 9.86. The highest BCUT2D eigenvalue weighted by molar-refractivity contribution is 8.00. The van der Waals surface area contributed by atoms with Crippen molar-refractivity contribution >= 4 is 28.4 Å². The number of hydrogen-bond donors (Lipinski definition) is 0. The molecule has 0 bridgehead atoms. The standard InChI is InChI=1S/C22H21NO2S/c1-25-16-11-12-17-18(15-7-3-2-4-8-15)14-22(23-19(17)13-16)26-21-10-6-5-9-20(21)24/h2-4,7-8,11-14,21H,5-6,9-10H2,1H3/t21-/m0/s1. The lowest BCUT2D eigenvalue weighted by atomic mass is 9.99. The van der Waals surface area contributed by atoms with Crippen LogP contribution in [0, 0.1) is 0 Å². The summed E-state index contributed by atoms with van der Waals surface area (Å²) >= 11 is 1.61. The van der Waals surface area contributed by atoms with Gasteiger partial charge in [0.2, 0.25) is 0 Å².